The third kappa shape index (κ3) is 3.58. The topological polar surface area (TPSA) is 78.8 Å². The number of phenolic OH excluding ortho intramolecular Hbond substituents is 1. The summed E-state index contributed by atoms with van der Waals surface area (Å²) in [6.45, 7) is 0. The van der Waals surface area contributed by atoms with Gasteiger partial charge < -0.3 is 5.11 Å². The zero-order valence-corrected chi connectivity index (χ0v) is 11.6. The van der Waals surface area contributed by atoms with Gasteiger partial charge in [-0.25, -0.2) is 8.42 Å². The van der Waals surface area contributed by atoms with Crippen molar-refractivity contribution >= 4 is 21.7 Å². The Bertz CT molecular complexity index is 725. The van der Waals surface area contributed by atoms with E-state index in [2.05, 4.69) is 10.5 Å². The van der Waals surface area contributed by atoms with Crippen LogP contribution >= 0.6 is 0 Å². The number of nitrogens with zero attached hydrogens (tertiary/aromatic N) is 1. The monoisotopic (exact) mass is 290 g/mol. The smallest absolute Gasteiger partial charge is 0.175 e. The van der Waals surface area contributed by atoms with Gasteiger partial charge in [0.25, 0.3) is 0 Å². The van der Waals surface area contributed by atoms with Crippen molar-refractivity contribution in [2.24, 2.45) is 5.10 Å². The van der Waals surface area contributed by atoms with E-state index in [0.29, 0.717) is 5.56 Å². The maximum atomic E-state index is 11.4. The van der Waals surface area contributed by atoms with Gasteiger partial charge in [0.05, 0.1) is 16.8 Å². The number of hydrogen-bond donors (Lipinski definition) is 2. The first kappa shape index (κ1) is 14.1. The zero-order chi connectivity index (χ0) is 14.6. The van der Waals surface area contributed by atoms with Crippen molar-refractivity contribution in [3.05, 3.63) is 54.1 Å². The normalized spacial score (nSPS) is 11.7. The molecule has 0 aliphatic carbocycles. The van der Waals surface area contributed by atoms with Crippen LogP contribution in [0, 0.1) is 0 Å². The van der Waals surface area contributed by atoms with Crippen LogP contribution in [-0.4, -0.2) is 26.0 Å². The molecule has 0 atom stereocenters. The minimum atomic E-state index is -3.31. The highest BCUT2D eigenvalue weighted by Crippen LogP contribution is 2.19. The average Bonchev–Trinajstić information content (AvgIpc) is 2.41. The number of hydrazone groups is 1. The number of para-hydroxylation sites is 1. The lowest BCUT2D eigenvalue weighted by molar-refractivity contribution is 0.474. The third-order valence-corrected chi connectivity index (χ3v) is 3.71. The number of nitrogens with one attached hydrogen (secondary N) is 1. The molecule has 0 bridgehead atoms. The van der Waals surface area contributed by atoms with Gasteiger partial charge in [0.1, 0.15) is 5.75 Å². The number of sulfone groups is 1. The van der Waals surface area contributed by atoms with Crippen LogP contribution in [0.2, 0.25) is 0 Å². The summed E-state index contributed by atoms with van der Waals surface area (Å²) in [5, 5.41) is 13.7. The molecule has 0 saturated heterocycles. The van der Waals surface area contributed by atoms with Crippen LogP contribution in [0.25, 0.3) is 0 Å². The van der Waals surface area contributed by atoms with E-state index in [9.17, 15) is 13.5 Å². The highest BCUT2D eigenvalue weighted by molar-refractivity contribution is 7.90. The molecule has 0 unspecified atom stereocenters. The molecule has 0 saturated carbocycles. The van der Waals surface area contributed by atoms with Crippen molar-refractivity contribution in [2.45, 2.75) is 4.90 Å². The van der Waals surface area contributed by atoms with Crippen molar-refractivity contribution in [2.75, 3.05) is 11.7 Å². The van der Waals surface area contributed by atoms with E-state index < -0.39 is 9.84 Å². The van der Waals surface area contributed by atoms with E-state index in [4.69, 9.17) is 0 Å². The van der Waals surface area contributed by atoms with Gasteiger partial charge in [0.2, 0.25) is 0 Å². The standard InChI is InChI=1S/C14H14N2O3S/c1-20(18,19)13-7-8-14(17)11(9-13)10-15-16-12-5-3-2-4-6-12/h2-10,16-17H,1H3. The second-order valence-electron chi connectivity index (χ2n) is 4.23. The molecule has 2 aromatic carbocycles. The number of rotatable bonds is 4. The van der Waals surface area contributed by atoms with Crippen LogP contribution in [0.3, 0.4) is 0 Å². The average molecular weight is 290 g/mol. The molecule has 2 rings (SSSR count). The number of hydrogen-bond acceptors (Lipinski definition) is 5. The molecule has 2 N–H and O–H groups in total. The maximum absolute atomic E-state index is 11.4. The number of aromatic hydroxyl groups is 1. The Labute approximate surface area is 117 Å². The van der Waals surface area contributed by atoms with E-state index in [0.717, 1.165) is 11.9 Å². The fourth-order valence-electron chi connectivity index (χ4n) is 1.56. The Kier molecular flexibility index (Phi) is 4.05. The highest BCUT2D eigenvalue weighted by atomic mass is 32.2. The number of phenols is 1. The van der Waals surface area contributed by atoms with Crippen LogP contribution in [0.1, 0.15) is 5.56 Å². The first-order valence-corrected chi connectivity index (χ1v) is 7.73. The van der Waals surface area contributed by atoms with Crippen LogP contribution in [0.4, 0.5) is 5.69 Å². The van der Waals surface area contributed by atoms with E-state index in [1.165, 1.54) is 24.4 Å². The van der Waals surface area contributed by atoms with Crippen molar-refractivity contribution in [1.82, 2.24) is 0 Å². The highest BCUT2D eigenvalue weighted by Gasteiger charge is 2.09. The molecule has 0 aliphatic rings. The molecule has 0 aliphatic heterocycles. The van der Waals surface area contributed by atoms with Gasteiger partial charge in [0, 0.05) is 11.8 Å². The largest absolute Gasteiger partial charge is 0.507 e. The Balaban J connectivity index is 2.21. The van der Waals surface area contributed by atoms with Gasteiger partial charge in [-0.05, 0) is 30.3 Å². The van der Waals surface area contributed by atoms with Gasteiger partial charge in [-0.2, -0.15) is 5.10 Å². The minimum absolute atomic E-state index is 0.0315. The Hall–Kier alpha value is -2.34. The molecule has 0 radical (unpaired) electrons. The number of anilines is 1. The summed E-state index contributed by atoms with van der Waals surface area (Å²) < 4.78 is 22.9. The predicted octanol–water partition coefficient (Wildman–Crippen LogP) is 2.24. The lowest BCUT2D eigenvalue weighted by atomic mass is 10.2. The molecule has 0 spiro atoms. The van der Waals surface area contributed by atoms with Gasteiger partial charge in [0.15, 0.2) is 9.84 Å². The van der Waals surface area contributed by atoms with Gasteiger partial charge >= 0.3 is 0 Å². The van der Waals surface area contributed by atoms with Crippen molar-refractivity contribution in [3.63, 3.8) is 0 Å². The second-order valence-corrected chi connectivity index (χ2v) is 6.24. The second kappa shape index (κ2) is 5.75. The van der Waals surface area contributed by atoms with Crippen LogP contribution in [0.15, 0.2) is 58.5 Å². The first-order valence-electron chi connectivity index (χ1n) is 5.84. The van der Waals surface area contributed by atoms with Gasteiger partial charge in [-0.3, -0.25) is 5.43 Å². The zero-order valence-electron chi connectivity index (χ0n) is 10.8. The Morgan fingerprint density at radius 3 is 2.50 bits per heavy atom. The lowest BCUT2D eigenvalue weighted by Gasteiger charge is -2.03. The molecular weight excluding hydrogens is 276 g/mol. The molecule has 2 aromatic rings. The molecule has 0 heterocycles. The van der Waals surface area contributed by atoms with E-state index in [1.54, 1.807) is 0 Å². The number of benzene rings is 2. The van der Waals surface area contributed by atoms with Crippen LogP contribution in [0.5, 0.6) is 5.75 Å². The van der Waals surface area contributed by atoms with Gasteiger partial charge in [-0.15, -0.1) is 0 Å². The SMILES string of the molecule is CS(=O)(=O)c1ccc(O)c(C=NNc2ccccc2)c1. The van der Waals surface area contributed by atoms with Crippen molar-refractivity contribution in [3.8, 4) is 5.75 Å². The molecule has 20 heavy (non-hydrogen) atoms. The van der Waals surface area contributed by atoms with Crippen LogP contribution < -0.4 is 5.43 Å². The molecule has 104 valence electrons. The molecule has 5 nitrogen and oxygen atoms in total. The van der Waals surface area contributed by atoms with Crippen molar-refractivity contribution in [1.29, 1.82) is 0 Å². The quantitative estimate of drug-likeness (QED) is 0.668. The summed E-state index contributed by atoms with van der Waals surface area (Å²) in [5.41, 5.74) is 3.91. The van der Waals surface area contributed by atoms with E-state index in [1.807, 2.05) is 30.3 Å². The Morgan fingerprint density at radius 2 is 1.85 bits per heavy atom. The summed E-state index contributed by atoms with van der Waals surface area (Å²) in [6, 6.07) is 13.3. The minimum Gasteiger partial charge on any atom is -0.507 e. The fourth-order valence-corrected chi connectivity index (χ4v) is 2.21. The molecule has 0 amide bonds. The molecule has 0 fully saturated rings. The Morgan fingerprint density at radius 1 is 1.15 bits per heavy atom. The summed E-state index contributed by atoms with van der Waals surface area (Å²) in [5.74, 6) is -0.0315. The van der Waals surface area contributed by atoms with E-state index in [-0.39, 0.29) is 10.6 Å². The molecular formula is C14H14N2O3S. The van der Waals surface area contributed by atoms with Gasteiger partial charge in [-0.1, -0.05) is 18.2 Å². The summed E-state index contributed by atoms with van der Waals surface area (Å²) >= 11 is 0. The summed E-state index contributed by atoms with van der Waals surface area (Å²) in [4.78, 5) is 0.136. The van der Waals surface area contributed by atoms with Crippen LogP contribution in [-0.2, 0) is 9.84 Å². The third-order valence-electron chi connectivity index (χ3n) is 2.60. The first-order chi connectivity index (χ1) is 9.47. The lowest BCUT2D eigenvalue weighted by Crippen LogP contribution is -1.98. The van der Waals surface area contributed by atoms with E-state index >= 15 is 0 Å². The fraction of sp³-hybridized carbons (Fsp3) is 0.0714. The summed E-state index contributed by atoms with van der Waals surface area (Å²) in [6.07, 6.45) is 2.49. The molecule has 6 heteroatoms. The predicted molar refractivity (Wildman–Crippen MR) is 78.9 cm³/mol. The summed E-state index contributed by atoms with van der Waals surface area (Å²) in [7, 11) is -3.31. The molecule has 0 aromatic heterocycles. The maximum Gasteiger partial charge on any atom is 0.175 e. The van der Waals surface area contributed by atoms with Crippen molar-refractivity contribution < 1.29 is 13.5 Å².